The average Bonchev–Trinajstić information content (AvgIpc) is 1.99. The number of fused-ring (bicyclic) bond motifs is 6. The Bertz CT molecular complexity index is 3890. The first kappa shape index (κ1) is 67.7. The second-order valence-corrected chi connectivity index (χ2v) is 25.9. The maximum absolute atomic E-state index is 12.6. The summed E-state index contributed by atoms with van der Waals surface area (Å²) in [6, 6.07) is 33.9. The molecule has 2 N–H and O–H groups in total. The number of carbonyl (C=O) groups is 2. The zero-order valence-corrected chi connectivity index (χ0v) is 55.3. The summed E-state index contributed by atoms with van der Waals surface area (Å²) in [6.45, 7) is 31.3. The van der Waals surface area contributed by atoms with Gasteiger partial charge in [0.05, 0.1) is 50.7 Å². The highest BCUT2D eigenvalue weighted by atomic mass is 19.4. The molecule has 2 amide bonds. The predicted octanol–water partition coefficient (Wildman–Crippen LogP) is 16.8. The number of alkyl halides is 3. The van der Waals surface area contributed by atoms with Crippen LogP contribution in [0.15, 0.2) is 140 Å². The van der Waals surface area contributed by atoms with Gasteiger partial charge in [0.2, 0.25) is 5.91 Å². The molecule has 0 radical (unpaired) electrons. The number of primary amides is 1. The number of amides is 2. The second kappa shape index (κ2) is 29.6. The molecule has 8 heterocycles. The number of benzene rings is 5. The Kier molecular flexibility index (Phi) is 22.3. The van der Waals surface area contributed by atoms with E-state index in [1.165, 1.54) is 56.8 Å². The molecule has 0 spiro atoms. The largest absolute Gasteiger partial charge is 0.416 e. The van der Waals surface area contributed by atoms with E-state index in [0.717, 1.165) is 120 Å². The van der Waals surface area contributed by atoms with Crippen LogP contribution in [0.25, 0.3) is 11.0 Å². The lowest BCUT2D eigenvalue weighted by Crippen LogP contribution is -2.47. The second-order valence-electron chi connectivity index (χ2n) is 25.9. The van der Waals surface area contributed by atoms with Crippen molar-refractivity contribution in [2.45, 2.75) is 134 Å². The molecule has 7 aromatic rings. The van der Waals surface area contributed by atoms with Crippen molar-refractivity contribution in [2.75, 3.05) is 33.2 Å². The minimum absolute atomic E-state index is 0.156. The zero-order chi connectivity index (χ0) is 65.3. The first-order valence-corrected chi connectivity index (χ1v) is 31.7. The highest BCUT2D eigenvalue weighted by Crippen LogP contribution is 2.37. The van der Waals surface area contributed by atoms with Crippen LogP contribution in [0.1, 0.15) is 155 Å². The van der Waals surface area contributed by atoms with E-state index in [1.807, 2.05) is 79.5 Å². The molecule has 0 atom stereocenters. The van der Waals surface area contributed by atoms with Gasteiger partial charge in [-0.3, -0.25) is 39.5 Å². The Morgan fingerprint density at radius 3 is 1.48 bits per heavy atom. The summed E-state index contributed by atoms with van der Waals surface area (Å²) in [5, 5.41) is 0. The molecular formula is C74H90F3N11O2. The van der Waals surface area contributed by atoms with Crippen LogP contribution in [0.3, 0.4) is 0 Å². The van der Waals surface area contributed by atoms with Gasteiger partial charge >= 0.3 is 6.18 Å². The number of para-hydroxylation sites is 2. The number of aliphatic imine (C=N–C) groups is 5. The third kappa shape index (κ3) is 17.2. The van der Waals surface area contributed by atoms with Gasteiger partial charge in [-0.05, 0) is 145 Å². The number of pyridine rings is 1. The Labute approximate surface area is 530 Å². The zero-order valence-electron chi connectivity index (χ0n) is 55.3. The smallest absolute Gasteiger partial charge is 0.366 e. The van der Waals surface area contributed by atoms with Crippen molar-refractivity contribution < 1.29 is 22.8 Å². The minimum atomic E-state index is -4.29. The van der Waals surface area contributed by atoms with Crippen LogP contribution in [0.4, 0.5) is 41.6 Å². The fourth-order valence-corrected chi connectivity index (χ4v) is 11.0. The SMILES string of the molecule is CC(C)C1=Nc2cc(C(F)(F)F)ccc2C1.CC(C)C1=Nc2ccc(C(=O)N3CCN(C)CC3)cc2C1.CC(C)C1=Nc2ccc(C(N)=O)cc2C1.CC(C)C1=Nc2cccnc2C1.CC(C)c1nc2ccccc2n1C.Cc1ccc2c(c1)CC(C(C)C)=N2. The van der Waals surface area contributed by atoms with E-state index in [0.29, 0.717) is 47.3 Å². The molecule has 474 valence electrons. The summed E-state index contributed by atoms with van der Waals surface area (Å²) in [6.07, 6.45) is 1.93. The van der Waals surface area contributed by atoms with Crippen LogP contribution in [-0.4, -0.2) is 97.9 Å². The van der Waals surface area contributed by atoms with Crippen molar-refractivity contribution in [3.63, 3.8) is 0 Å². The summed E-state index contributed by atoms with van der Waals surface area (Å²) in [4.78, 5) is 59.2. The number of piperazine rings is 1. The normalized spacial score (nSPS) is 15.2. The maximum Gasteiger partial charge on any atom is 0.416 e. The van der Waals surface area contributed by atoms with Crippen molar-refractivity contribution >= 4 is 79.8 Å². The molecule has 5 aromatic carbocycles. The molecule has 2 aromatic heterocycles. The van der Waals surface area contributed by atoms with Gasteiger partial charge in [-0.2, -0.15) is 13.2 Å². The minimum Gasteiger partial charge on any atom is -0.366 e. The average molecular weight is 1220 g/mol. The van der Waals surface area contributed by atoms with Crippen LogP contribution in [-0.2, 0) is 45.3 Å². The number of nitrogens with two attached hydrogens (primary N) is 1. The van der Waals surface area contributed by atoms with E-state index in [9.17, 15) is 22.8 Å². The Hall–Kier alpha value is -8.24. The van der Waals surface area contributed by atoms with Crippen molar-refractivity contribution in [3.8, 4) is 0 Å². The summed E-state index contributed by atoms with van der Waals surface area (Å²) in [5.74, 6) is 3.73. The Morgan fingerprint density at radius 2 is 0.967 bits per heavy atom. The Balaban J connectivity index is 0.000000141. The van der Waals surface area contributed by atoms with E-state index in [-0.39, 0.29) is 17.7 Å². The molecule has 90 heavy (non-hydrogen) atoms. The standard InChI is InChI=1S/C17H23N3O.C12H12F3N.C12H14N2O.C12H15N.C11H14N2.C10H12N2/c1-12(2)16-11-14-10-13(4-5-15(14)18-16)17(21)20-8-6-19(3)7-9-20;1-7(2)10-5-8-3-4-9(12(13,14)15)6-11(8)16-10;1-7(2)11-6-9-5-8(12(13)15)3-4-10(9)14-11;1-8(2)12-7-10-6-9(3)4-5-11(10)13-12;1-8(2)11-12-9-6-4-5-7-10(9)13(11)3;1-7(2)9-6-10-8(12-9)4-3-5-11-10/h4-5,10,12H,6-9,11H2,1-3H3;3-4,6-7H,5H2,1-2H3;3-5,7H,6H2,1-2H3,(H2,13,15);4-6,8H,7H2,1-3H3;4-8H,1-3H3;3-5,7H,6H2,1-2H3. The van der Waals surface area contributed by atoms with Crippen LogP contribution >= 0.6 is 0 Å². The fraction of sp³-hybridized carbons (Fsp3) is 0.419. The predicted molar refractivity (Wildman–Crippen MR) is 365 cm³/mol. The number of aromatic nitrogens is 3. The molecule has 0 saturated carbocycles. The first-order chi connectivity index (χ1) is 42.6. The number of aryl methyl sites for hydroxylation is 2. The molecule has 6 aliphatic rings. The topological polar surface area (TPSA) is 159 Å². The number of likely N-dealkylation sites (N-methyl/N-ethyl adjacent to an activating group) is 1. The number of imidazole rings is 1. The number of carbonyl (C=O) groups excluding carboxylic acids is 2. The van der Waals surface area contributed by atoms with E-state index >= 15 is 0 Å². The summed E-state index contributed by atoms with van der Waals surface area (Å²) >= 11 is 0. The summed E-state index contributed by atoms with van der Waals surface area (Å²) in [7, 11) is 4.17. The monoisotopic (exact) mass is 1220 g/mol. The van der Waals surface area contributed by atoms with Crippen molar-refractivity contribution in [2.24, 2.45) is 67.3 Å². The van der Waals surface area contributed by atoms with Gasteiger partial charge in [0.1, 0.15) is 5.82 Å². The van der Waals surface area contributed by atoms with Gasteiger partial charge in [-0.25, -0.2) is 4.98 Å². The molecule has 16 heteroatoms. The van der Waals surface area contributed by atoms with Crippen LogP contribution in [0, 0.1) is 36.5 Å². The van der Waals surface area contributed by atoms with Crippen LogP contribution in [0.5, 0.6) is 0 Å². The number of hydrogen-bond donors (Lipinski definition) is 1. The van der Waals surface area contributed by atoms with Crippen molar-refractivity contribution in [1.29, 1.82) is 0 Å². The number of hydrogen-bond acceptors (Lipinski definition) is 10. The number of rotatable bonds is 8. The lowest BCUT2D eigenvalue weighted by Gasteiger charge is -2.32. The maximum atomic E-state index is 12.6. The lowest BCUT2D eigenvalue weighted by atomic mass is 10.0. The van der Waals surface area contributed by atoms with Crippen molar-refractivity contribution in [1.82, 2.24) is 24.3 Å². The van der Waals surface area contributed by atoms with Gasteiger partial charge in [0.25, 0.3) is 5.91 Å². The lowest BCUT2D eigenvalue weighted by molar-refractivity contribution is -0.137. The van der Waals surface area contributed by atoms with Crippen LogP contribution in [0.2, 0.25) is 0 Å². The number of halogens is 3. The summed E-state index contributed by atoms with van der Waals surface area (Å²) in [5.41, 5.74) is 25.9. The number of nitrogens with zero attached hydrogens (tertiary/aromatic N) is 10. The Morgan fingerprint density at radius 1 is 0.489 bits per heavy atom. The molecule has 0 bridgehead atoms. The summed E-state index contributed by atoms with van der Waals surface area (Å²) < 4.78 is 39.6. The first-order valence-electron chi connectivity index (χ1n) is 31.7. The molecule has 13 rings (SSSR count). The van der Waals surface area contributed by atoms with Gasteiger partial charge in [0, 0.05) is 117 Å². The molecule has 1 fully saturated rings. The van der Waals surface area contributed by atoms with E-state index in [1.54, 1.807) is 6.07 Å². The van der Waals surface area contributed by atoms with Gasteiger partial charge < -0.3 is 20.1 Å². The molecule has 1 saturated heterocycles. The van der Waals surface area contributed by atoms with E-state index in [2.05, 4.69) is 165 Å². The highest BCUT2D eigenvalue weighted by Gasteiger charge is 2.32. The molecule has 13 nitrogen and oxygen atoms in total. The quantitative estimate of drug-likeness (QED) is 0.160. The highest BCUT2D eigenvalue weighted by molar-refractivity contribution is 6.00. The van der Waals surface area contributed by atoms with Gasteiger partial charge in [-0.1, -0.05) is 119 Å². The van der Waals surface area contributed by atoms with Crippen LogP contribution < -0.4 is 5.73 Å². The van der Waals surface area contributed by atoms with Gasteiger partial charge in [0.15, 0.2) is 0 Å². The molecule has 6 aliphatic heterocycles. The van der Waals surface area contributed by atoms with Gasteiger partial charge in [-0.15, -0.1) is 0 Å². The third-order valence-electron chi connectivity index (χ3n) is 16.8. The van der Waals surface area contributed by atoms with E-state index in [4.69, 9.17) is 5.73 Å². The fourth-order valence-electron chi connectivity index (χ4n) is 11.0. The van der Waals surface area contributed by atoms with E-state index < -0.39 is 11.7 Å². The molecular weight excluding hydrogens is 1130 g/mol. The van der Waals surface area contributed by atoms with Crippen molar-refractivity contribution in [3.05, 3.63) is 171 Å². The molecule has 0 aliphatic carbocycles. The molecule has 0 unspecified atom stereocenters. The third-order valence-corrected chi connectivity index (χ3v) is 16.8.